The molecule has 1 aromatic heterocycles. The van der Waals surface area contributed by atoms with Gasteiger partial charge in [-0.3, -0.25) is 0 Å². The van der Waals surface area contributed by atoms with E-state index in [9.17, 15) is 0 Å². The molecule has 1 aliphatic carbocycles. The van der Waals surface area contributed by atoms with Crippen LogP contribution < -0.4 is 10.4 Å². The van der Waals surface area contributed by atoms with Crippen molar-refractivity contribution in [2.75, 3.05) is 0 Å². The lowest BCUT2D eigenvalue weighted by molar-refractivity contribution is 0.661. The molecule has 1 aliphatic rings. The molecule has 0 saturated carbocycles. The highest BCUT2D eigenvalue weighted by atomic mass is 32.1. The Labute approximate surface area is 332 Å². The van der Waals surface area contributed by atoms with Gasteiger partial charge in [-0.05, 0) is 144 Å². The quantitative estimate of drug-likeness (QED) is 0.170. The molecule has 0 bridgehead atoms. The van der Waals surface area contributed by atoms with E-state index in [1.807, 2.05) is 11.3 Å². The van der Waals surface area contributed by atoms with Crippen LogP contribution in [0, 0.1) is 0 Å². The van der Waals surface area contributed by atoms with E-state index in [0.29, 0.717) is 0 Å². The average molecular weight is 735 g/mol. The highest BCUT2D eigenvalue weighted by Gasteiger charge is 2.36. The Bertz CT molecular complexity index is 3230. The minimum absolute atomic E-state index is 0.0779. The largest absolute Gasteiger partial charge is 0.135 e. The maximum absolute atomic E-state index is 2.46. The fraction of sp³-hybridized carbons (Fsp3) is 0.0909. The van der Waals surface area contributed by atoms with Crippen LogP contribution in [-0.2, 0) is 5.41 Å². The lowest BCUT2D eigenvalue weighted by Gasteiger charge is -2.22. The summed E-state index contributed by atoms with van der Waals surface area (Å²) in [6.07, 6.45) is 4.52. The van der Waals surface area contributed by atoms with E-state index >= 15 is 0 Å². The van der Waals surface area contributed by atoms with Crippen molar-refractivity contribution >= 4 is 65.2 Å². The van der Waals surface area contributed by atoms with E-state index in [1.165, 1.54) is 108 Å². The normalized spacial score (nSPS) is 13.7. The molecule has 56 heavy (non-hydrogen) atoms. The van der Waals surface area contributed by atoms with Crippen LogP contribution in [0.1, 0.15) is 38.8 Å². The van der Waals surface area contributed by atoms with Crippen LogP contribution >= 0.6 is 11.3 Å². The first kappa shape index (κ1) is 34.2. The molecule has 8 aromatic carbocycles. The molecule has 0 atom stereocenters. The second-order valence-electron chi connectivity index (χ2n) is 15.6. The summed E-state index contributed by atoms with van der Waals surface area (Å²) >= 11 is 1.89. The number of fused-ring (bicyclic) bond motifs is 8. The molecule has 10 rings (SSSR count). The van der Waals surface area contributed by atoms with Gasteiger partial charge in [0.25, 0.3) is 0 Å². The fourth-order valence-corrected chi connectivity index (χ4v) is 10.3. The summed E-state index contributed by atoms with van der Waals surface area (Å²) in [5.41, 5.74) is 12.7. The zero-order valence-electron chi connectivity index (χ0n) is 32.2. The number of rotatable bonds is 3. The minimum atomic E-state index is -0.0779. The molecule has 1 heteroatoms. The van der Waals surface area contributed by atoms with Gasteiger partial charge in [0.1, 0.15) is 0 Å². The van der Waals surface area contributed by atoms with Crippen LogP contribution in [0.4, 0.5) is 0 Å². The number of hydrogen-bond donors (Lipinski definition) is 0. The second kappa shape index (κ2) is 13.5. The molecule has 0 nitrogen and oxygen atoms in total. The molecule has 0 aliphatic heterocycles. The van der Waals surface area contributed by atoms with E-state index < -0.39 is 0 Å². The molecular weight excluding hydrogens is 693 g/mol. The molecule has 0 saturated heterocycles. The molecular formula is C55H42S. The third kappa shape index (κ3) is 5.57. The Morgan fingerprint density at radius 1 is 0.375 bits per heavy atom. The van der Waals surface area contributed by atoms with E-state index in [2.05, 4.69) is 210 Å². The summed E-state index contributed by atoms with van der Waals surface area (Å²) in [6.45, 7) is 9.07. The maximum atomic E-state index is 2.46. The zero-order valence-corrected chi connectivity index (χ0v) is 33.0. The van der Waals surface area contributed by atoms with Crippen molar-refractivity contribution < 1.29 is 0 Å². The van der Waals surface area contributed by atoms with Gasteiger partial charge in [-0.2, -0.15) is 0 Å². The summed E-state index contributed by atoms with van der Waals surface area (Å²) in [7, 11) is 0. The van der Waals surface area contributed by atoms with Crippen LogP contribution in [0.25, 0.3) is 98.4 Å². The van der Waals surface area contributed by atoms with Gasteiger partial charge in [0.2, 0.25) is 0 Å². The Balaban J connectivity index is 1.07. The van der Waals surface area contributed by atoms with Crippen molar-refractivity contribution in [2.45, 2.75) is 33.1 Å². The van der Waals surface area contributed by atoms with Gasteiger partial charge in [0.05, 0.1) is 0 Å². The average Bonchev–Trinajstić information content (AvgIpc) is 3.70. The molecule has 1 heterocycles. The first-order valence-corrected chi connectivity index (χ1v) is 20.5. The predicted octanol–water partition coefficient (Wildman–Crippen LogP) is 14.4. The van der Waals surface area contributed by atoms with Crippen LogP contribution in [0.5, 0.6) is 0 Å². The molecule has 0 fully saturated rings. The Morgan fingerprint density at radius 2 is 0.982 bits per heavy atom. The van der Waals surface area contributed by atoms with E-state index in [4.69, 9.17) is 0 Å². The summed E-state index contributed by atoms with van der Waals surface area (Å²) in [5, 5.41) is 10.3. The van der Waals surface area contributed by atoms with Crippen molar-refractivity contribution in [2.24, 2.45) is 0 Å². The Kier molecular flexibility index (Phi) is 8.24. The Hall–Kier alpha value is -6.28. The van der Waals surface area contributed by atoms with Gasteiger partial charge in [-0.15, -0.1) is 11.3 Å². The molecule has 0 unspecified atom stereocenters. The van der Waals surface area contributed by atoms with E-state index in [-0.39, 0.29) is 5.41 Å². The molecule has 268 valence electrons. The summed E-state index contributed by atoms with van der Waals surface area (Å²) in [5.74, 6) is 0. The van der Waals surface area contributed by atoms with Gasteiger partial charge in [0, 0.05) is 25.6 Å². The van der Waals surface area contributed by atoms with Gasteiger partial charge >= 0.3 is 0 Å². The third-order valence-electron chi connectivity index (χ3n) is 12.0. The standard InChI is InChI=1S/C55H42S/c1-5-43-44(6-2)46(40-26-23-35-15-11-12-16-38(35)29-40)18-10-8-7-9-17-45(43)37-24-21-36(22-25-37)39-27-28-51-48(30-39)49-31-42-34-54-50(47-19-13-14-20-53(47)56-54)32-41(42)33-52(49)55(51,3)4/h5-34H,1-4H3. The van der Waals surface area contributed by atoms with Crippen LogP contribution in [-0.4, -0.2) is 0 Å². The van der Waals surface area contributed by atoms with Crippen LogP contribution in [0.15, 0.2) is 170 Å². The minimum Gasteiger partial charge on any atom is -0.135 e. The van der Waals surface area contributed by atoms with Crippen molar-refractivity contribution in [3.05, 3.63) is 191 Å². The van der Waals surface area contributed by atoms with Crippen molar-refractivity contribution in [1.29, 1.82) is 0 Å². The molecule has 0 radical (unpaired) electrons. The van der Waals surface area contributed by atoms with Gasteiger partial charge in [-0.25, -0.2) is 0 Å². The van der Waals surface area contributed by atoms with Crippen LogP contribution in [0.2, 0.25) is 0 Å². The van der Waals surface area contributed by atoms with Gasteiger partial charge in [-0.1, -0.05) is 153 Å². The highest BCUT2D eigenvalue weighted by molar-refractivity contribution is 7.25. The first-order valence-electron chi connectivity index (χ1n) is 19.6. The maximum Gasteiger partial charge on any atom is 0.0361 e. The van der Waals surface area contributed by atoms with Crippen molar-refractivity contribution in [3.8, 4) is 44.5 Å². The highest BCUT2D eigenvalue weighted by Crippen LogP contribution is 2.51. The first-order chi connectivity index (χ1) is 27.4. The molecule has 0 N–H and O–H groups in total. The molecule has 0 spiro atoms. The van der Waals surface area contributed by atoms with Crippen molar-refractivity contribution in [1.82, 2.24) is 0 Å². The fourth-order valence-electron chi connectivity index (χ4n) is 9.12. The number of hydrogen-bond acceptors (Lipinski definition) is 1. The second-order valence-corrected chi connectivity index (χ2v) is 16.6. The number of thiophene rings is 1. The molecule has 9 aromatic rings. The topological polar surface area (TPSA) is 0 Å². The molecule has 0 amide bonds. The van der Waals surface area contributed by atoms with Crippen LogP contribution in [0.3, 0.4) is 0 Å². The summed E-state index contributed by atoms with van der Waals surface area (Å²) in [4.78, 5) is 0. The number of benzene rings is 7. The van der Waals surface area contributed by atoms with Gasteiger partial charge in [0.15, 0.2) is 0 Å². The predicted molar refractivity (Wildman–Crippen MR) is 245 cm³/mol. The lowest BCUT2D eigenvalue weighted by atomic mass is 9.81. The summed E-state index contributed by atoms with van der Waals surface area (Å²) in [6, 6.07) is 63.2. The van der Waals surface area contributed by atoms with Crippen molar-refractivity contribution in [3.63, 3.8) is 0 Å². The van der Waals surface area contributed by atoms with E-state index in [1.54, 1.807) is 0 Å². The third-order valence-corrected chi connectivity index (χ3v) is 13.2. The summed E-state index contributed by atoms with van der Waals surface area (Å²) < 4.78 is 2.70. The Morgan fingerprint density at radius 3 is 1.75 bits per heavy atom. The SMILES string of the molecule is CC=c1c(-c2ccc(-c3ccc4c(c3)-c3cc5cc6sc7ccccc7c6cc5cc3C4(C)C)cc2)ccccccc(-c2ccc3ccccc3c2)c1=CC. The van der Waals surface area contributed by atoms with Gasteiger partial charge < -0.3 is 0 Å². The van der Waals surface area contributed by atoms with E-state index in [0.717, 1.165) is 0 Å². The smallest absolute Gasteiger partial charge is 0.0361 e. The monoisotopic (exact) mass is 734 g/mol. The zero-order chi connectivity index (χ0) is 38.0. The lowest BCUT2D eigenvalue weighted by Crippen LogP contribution is -2.27.